The second-order valence-corrected chi connectivity index (χ2v) is 8.95. The third-order valence-electron chi connectivity index (χ3n) is 6.79. The maximum absolute atomic E-state index is 13.0. The average molecular weight is 445 g/mol. The van der Waals surface area contributed by atoms with E-state index in [1.807, 2.05) is 72.8 Å². The predicted molar refractivity (Wildman–Crippen MR) is 130 cm³/mol. The molecule has 1 aliphatic rings. The number of nitrogens with zero attached hydrogens (tertiary/aromatic N) is 1. The van der Waals surface area contributed by atoms with E-state index in [4.69, 9.17) is 10.5 Å². The highest BCUT2D eigenvalue weighted by Crippen LogP contribution is 2.38. The average Bonchev–Trinajstić information content (AvgIpc) is 2.80. The van der Waals surface area contributed by atoms with Gasteiger partial charge in [0.25, 0.3) is 0 Å². The van der Waals surface area contributed by atoms with E-state index in [1.165, 1.54) is 0 Å². The van der Waals surface area contributed by atoms with Crippen molar-refractivity contribution in [1.82, 2.24) is 4.90 Å². The van der Waals surface area contributed by atoms with Gasteiger partial charge in [0.2, 0.25) is 5.91 Å². The van der Waals surface area contributed by atoms with Gasteiger partial charge < -0.3 is 15.6 Å². The largest absolute Gasteiger partial charge is 0.508 e. The fraction of sp³-hybridized carbons (Fsp3) is 0.321. The van der Waals surface area contributed by atoms with Crippen molar-refractivity contribution in [2.45, 2.75) is 43.9 Å². The van der Waals surface area contributed by atoms with Crippen LogP contribution in [0.15, 0.2) is 84.9 Å². The number of phenolic OH excluding ortho intramolecular Hbond substituents is 1. The topological polar surface area (TPSA) is 75.8 Å². The fourth-order valence-corrected chi connectivity index (χ4v) is 4.71. The van der Waals surface area contributed by atoms with Crippen LogP contribution in [-0.2, 0) is 21.6 Å². The van der Waals surface area contributed by atoms with E-state index in [0.717, 1.165) is 36.2 Å². The molecule has 3 N–H and O–H groups in total. The number of nitrogens with two attached hydrogens (primary N) is 1. The third kappa shape index (κ3) is 5.10. The zero-order chi connectivity index (χ0) is 23.3. The molecule has 3 aromatic rings. The molecule has 1 saturated heterocycles. The zero-order valence-electron chi connectivity index (χ0n) is 19.1. The van der Waals surface area contributed by atoms with Crippen molar-refractivity contribution in [3.63, 3.8) is 0 Å². The molecule has 172 valence electrons. The number of rotatable bonds is 10. The Kier molecular flexibility index (Phi) is 7.11. The lowest BCUT2D eigenvalue weighted by molar-refractivity contribution is -0.122. The van der Waals surface area contributed by atoms with Gasteiger partial charge in [-0.1, -0.05) is 72.8 Å². The lowest BCUT2D eigenvalue weighted by Gasteiger charge is -2.44. The van der Waals surface area contributed by atoms with Gasteiger partial charge in [-0.05, 0) is 48.6 Å². The van der Waals surface area contributed by atoms with Gasteiger partial charge in [-0.25, -0.2) is 0 Å². The van der Waals surface area contributed by atoms with Crippen molar-refractivity contribution in [3.05, 3.63) is 102 Å². The van der Waals surface area contributed by atoms with Crippen molar-refractivity contribution in [2.75, 3.05) is 13.1 Å². The summed E-state index contributed by atoms with van der Waals surface area (Å²) in [6, 6.07) is 27.2. The zero-order valence-corrected chi connectivity index (χ0v) is 19.1. The molecule has 1 atom stereocenters. The molecule has 1 fully saturated rings. The quantitative estimate of drug-likeness (QED) is 0.491. The van der Waals surface area contributed by atoms with Gasteiger partial charge in [0, 0.05) is 19.1 Å². The summed E-state index contributed by atoms with van der Waals surface area (Å²) in [4.78, 5) is 15.3. The van der Waals surface area contributed by atoms with Crippen molar-refractivity contribution < 1.29 is 14.6 Å². The van der Waals surface area contributed by atoms with Gasteiger partial charge in [-0.15, -0.1) is 0 Å². The Morgan fingerprint density at radius 3 is 2.18 bits per heavy atom. The summed E-state index contributed by atoms with van der Waals surface area (Å²) in [6.07, 6.45) is 1.66. The Hall–Kier alpha value is -3.15. The monoisotopic (exact) mass is 444 g/mol. The number of amides is 1. The van der Waals surface area contributed by atoms with Crippen LogP contribution in [0.3, 0.4) is 0 Å². The molecule has 0 aliphatic carbocycles. The summed E-state index contributed by atoms with van der Waals surface area (Å²) in [5, 5.41) is 9.60. The maximum Gasteiger partial charge on any atom is 0.232 e. The molecule has 1 unspecified atom stereocenters. The Balaban J connectivity index is 1.39. The van der Waals surface area contributed by atoms with Crippen LogP contribution in [0, 0.1) is 0 Å². The third-order valence-corrected chi connectivity index (χ3v) is 6.79. The van der Waals surface area contributed by atoms with Crippen LogP contribution in [0.2, 0.25) is 0 Å². The number of hydrogen-bond donors (Lipinski definition) is 2. The highest BCUT2D eigenvalue weighted by molar-refractivity contribution is 5.90. The number of carbonyl (C=O) groups excluding carboxylic acids is 1. The molecular formula is C28H32N2O3. The molecule has 3 aromatic carbocycles. The van der Waals surface area contributed by atoms with Crippen molar-refractivity contribution in [2.24, 2.45) is 5.73 Å². The molecule has 0 radical (unpaired) electrons. The SMILES string of the molecule is CC(CCC(C(N)=O)(c1ccccc1)c1ccccc1)N1CC(OCc2cccc(O)c2)C1. The van der Waals surface area contributed by atoms with Crippen molar-refractivity contribution in [3.8, 4) is 5.75 Å². The van der Waals surface area contributed by atoms with Crippen LogP contribution in [0.25, 0.3) is 0 Å². The summed E-state index contributed by atoms with van der Waals surface area (Å²) in [7, 11) is 0. The summed E-state index contributed by atoms with van der Waals surface area (Å²) < 4.78 is 5.99. The Bertz CT molecular complexity index is 1010. The molecule has 1 aliphatic heterocycles. The van der Waals surface area contributed by atoms with Crippen molar-refractivity contribution >= 4 is 5.91 Å². The van der Waals surface area contributed by atoms with Gasteiger partial charge in [-0.2, -0.15) is 0 Å². The van der Waals surface area contributed by atoms with Gasteiger partial charge in [0.1, 0.15) is 5.75 Å². The number of primary amides is 1. The molecule has 0 spiro atoms. The summed E-state index contributed by atoms with van der Waals surface area (Å²) in [6.45, 7) is 4.42. The lowest BCUT2D eigenvalue weighted by Crippen LogP contribution is -2.56. The van der Waals surface area contributed by atoms with Crippen LogP contribution in [-0.4, -0.2) is 41.1 Å². The molecule has 5 heteroatoms. The first-order valence-corrected chi connectivity index (χ1v) is 11.5. The van der Waals surface area contributed by atoms with Crippen LogP contribution in [0.4, 0.5) is 0 Å². The van der Waals surface area contributed by atoms with E-state index in [1.54, 1.807) is 12.1 Å². The van der Waals surface area contributed by atoms with E-state index in [9.17, 15) is 9.90 Å². The van der Waals surface area contributed by atoms with Crippen LogP contribution < -0.4 is 5.73 Å². The normalized spacial score (nSPS) is 15.7. The fourth-order valence-electron chi connectivity index (χ4n) is 4.71. The number of aromatic hydroxyl groups is 1. The number of ether oxygens (including phenoxy) is 1. The van der Waals surface area contributed by atoms with Crippen LogP contribution in [0.5, 0.6) is 5.75 Å². The number of hydrogen-bond acceptors (Lipinski definition) is 4. The van der Waals surface area contributed by atoms with E-state index in [2.05, 4.69) is 11.8 Å². The lowest BCUT2D eigenvalue weighted by atomic mass is 9.70. The Morgan fingerprint density at radius 1 is 1.03 bits per heavy atom. The second kappa shape index (κ2) is 10.2. The highest BCUT2D eigenvalue weighted by atomic mass is 16.5. The van der Waals surface area contributed by atoms with Crippen molar-refractivity contribution in [1.29, 1.82) is 0 Å². The summed E-state index contributed by atoms with van der Waals surface area (Å²) >= 11 is 0. The molecule has 0 saturated carbocycles. The standard InChI is InChI=1S/C28H32N2O3/c1-21(30-18-26(19-30)33-20-22-9-8-14-25(31)17-22)15-16-28(27(29)32,23-10-4-2-5-11-23)24-12-6-3-7-13-24/h2-14,17,21,26,31H,15-16,18-20H2,1H3,(H2,29,32). The summed E-state index contributed by atoms with van der Waals surface area (Å²) in [5.41, 5.74) is 8.07. The molecule has 1 heterocycles. The summed E-state index contributed by atoms with van der Waals surface area (Å²) in [5.74, 6) is -0.0576. The van der Waals surface area contributed by atoms with Gasteiger partial charge in [0.15, 0.2) is 0 Å². The van der Waals surface area contributed by atoms with E-state index in [0.29, 0.717) is 19.1 Å². The Morgan fingerprint density at radius 2 is 1.64 bits per heavy atom. The number of likely N-dealkylation sites (tertiary alicyclic amines) is 1. The Labute approximate surface area is 195 Å². The van der Waals surface area contributed by atoms with E-state index in [-0.39, 0.29) is 17.8 Å². The first-order valence-electron chi connectivity index (χ1n) is 11.5. The minimum Gasteiger partial charge on any atom is -0.508 e. The number of carbonyl (C=O) groups is 1. The molecule has 1 amide bonds. The minimum atomic E-state index is -0.854. The predicted octanol–water partition coefficient (Wildman–Crippen LogP) is 4.23. The molecule has 0 aromatic heterocycles. The van der Waals surface area contributed by atoms with Gasteiger partial charge in [-0.3, -0.25) is 9.69 Å². The maximum atomic E-state index is 13.0. The smallest absolute Gasteiger partial charge is 0.232 e. The van der Waals surface area contributed by atoms with Crippen LogP contribution in [0.1, 0.15) is 36.5 Å². The molecule has 4 rings (SSSR count). The highest BCUT2D eigenvalue weighted by Gasteiger charge is 2.41. The first kappa shape index (κ1) is 23.0. The van der Waals surface area contributed by atoms with E-state index >= 15 is 0 Å². The molecular weight excluding hydrogens is 412 g/mol. The molecule has 33 heavy (non-hydrogen) atoms. The number of phenols is 1. The minimum absolute atomic E-state index is 0.180. The van der Waals surface area contributed by atoms with Crippen LogP contribution >= 0.6 is 0 Å². The molecule has 0 bridgehead atoms. The van der Waals surface area contributed by atoms with Gasteiger partial charge in [0.05, 0.1) is 18.1 Å². The first-order chi connectivity index (χ1) is 16.0. The molecule has 5 nitrogen and oxygen atoms in total. The van der Waals surface area contributed by atoms with Gasteiger partial charge >= 0.3 is 0 Å². The number of benzene rings is 3. The van der Waals surface area contributed by atoms with E-state index < -0.39 is 5.41 Å². The second-order valence-electron chi connectivity index (χ2n) is 8.95.